The quantitative estimate of drug-likeness (QED) is 0.832. The first-order valence-electron chi connectivity index (χ1n) is 7.72. The van der Waals surface area contributed by atoms with Crippen molar-refractivity contribution in [2.24, 2.45) is 5.92 Å². The Hall–Kier alpha value is -2.14. The molecule has 1 aliphatic rings. The smallest absolute Gasteiger partial charge is 0.244 e. The average Bonchev–Trinajstić information content (AvgIpc) is 3.19. The van der Waals surface area contributed by atoms with E-state index in [-0.39, 0.29) is 5.91 Å². The van der Waals surface area contributed by atoms with Crippen molar-refractivity contribution in [3.05, 3.63) is 36.2 Å². The number of nitrogens with zero attached hydrogens (tertiary/aromatic N) is 1. The molecular formula is C17H20N2O3. The molecule has 0 saturated heterocycles. The number of rotatable bonds is 5. The van der Waals surface area contributed by atoms with E-state index < -0.39 is 6.10 Å². The van der Waals surface area contributed by atoms with Gasteiger partial charge in [0.2, 0.25) is 11.8 Å². The largest absolute Gasteiger partial charge is 0.437 e. The molecule has 5 heteroatoms. The van der Waals surface area contributed by atoms with E-state index in [4.69, 9.17) is 4.42 Å². The summed E-state index contributed by atoms with van der Waals surface area (Å²) in [5.41, 5.74) is 1.46. The van der Waals surface area contributed by atoms with Crippen molar-refractivity contribution in [3.63, 3.8) is 0 Å². The van der Waals surface area contributed by atoms with Crippen LogP contribution in [0.5, 0.6) is 0 Å². The topological polar surface area (TPSA) is 75.4 Å². The van der Waals surface area contributed by atoms with Gasteiger partial charge in [-0.3, -0.25) is 4.79 Å². The van der Waals surface area contributed by atoms with Gasteiger partial charge in [-0.15, -0.1) is 0 Å². The summed E-state index contributed by atoms with van der Waals surface area (Å²) in [7, 11) is 0. The van der Waals surface area contributed by atoms with Gasteiger partial charge in [0.25, 0.3) is 0 Å². The number of amides is 1. The first-order chi connectivity index (χ1) is 10.7. The molecule has 1 saturated carbocycles. The predicted octanol–water partition coefficient (Wildman–Crippen LogP) is 2.51. The molecule has 1 aromatic heterocycles. The Kier molecular flexibility index (Phi) is 4.53. The van der Waals surface area contributed by atoms with Crippen LogP contribution < -0.4 is 5.32 Å². The molecule has 5 nitrogen and oxygen atoms in total. The van der Waals surface area contributed by atoms with Crippen molar-refractivity contribution < 1.29 is 14.3 Å². The molecule has 2 N–H and O–H groups in total. The second-order valence-corrected chi connectivity index (χ2v) is 5.71. The van der Waals surface area contributed by atoms with E-state index in [1.54, 1.807) is 0 Å². The zero-order valence-corrected chi connectivity index (χ0v) is 12.4. The molecule has 2 aromatic rings. The fourth-order valence-corrected chi connectivity index (χ4v) is 2.88. The van der Waals surface area contributed by atoms with Gasteiger partial charge >= 0.3 is 0 Å². The Morgan fingerprint density at radius 1 is 1.41 bits per heavy atom. The highest BCUT2D eigenvalue weighted by Gasteiger charge is 2.23. The molecule has 22 heavy (non-hydrogen) atoms. The minimum Gasteiger partial charge on any atom is -0.437 e. The maximum atomic E-state index is 11.8. The molecule has 1 unspecified atom stereocenters. The SMILES string of the molecule is O=C(/C=C/c1nc2ccccc2o1)NCC(O)C1CCCC1. The Morgan fingerprint density at radius 3 is 2.95 bits per heavy atom. The third kappa shape index (κ3) is 3.54. The minimum absolute atomic E-state index is 0.251. The lowest BCUT2D eigenvalue weighted by molar-refractivity contribution is -0.117. The summed E-state index contributed by atoms with van der Waals surface area (Å²) >= 11 is 0. The number of hydrogen-bond donors (Lipinski definition) is 2. The number of fused-ring (bicyclic) bond motifs is 1. The Morgan fingerprint density at radius 2 is 2.18 bits per heavy atom. The third-order valence-corrected chi connectivity index (χ3v) is 4.12. The van der Waals surface area contributed by atoms with Gasteiger partial charge < -0.3 is 14.8 Å². The zero-order valence-electron chi connectivity index (χ0n) is 12.4. The van der Waals surface area contributed by atoms with Crippen molar-refractivity contribution in [1.82, 2.24) is 10.3 Å². The number of nitrogens with one attached hydrogen (secondary N) is 1. The van der Waals surface area contributed by atoms with Crippen molar-refractivity contribution >= 4 is 23.1 Å². The summed E-state index contributed by atoms with van der Waals surface area (Å²) < 4.78 is 5.50. The number of aromatic nitrogens is 1. The molecule has 1 aliphatic carbocycles. The van der Waals surface area contributed by atoms with Crippen LogP contribution in [0.1, 0.15) is 31.6 Å². The first kappa shape index (κ1) is 14.8. The molecule has 0 radical (unpaired) electrons. The summed E-state index contributed by atoms with van der Waals surface area (Å²) in [6.07, 6.45) is 6.92. The number of aliphatic hydroxyl groups is 1. The van der Waals surface area contributed by atoms with Crippen LogP contribution in [0.25, 0.3) is 17.2 Å². The van der Waals surface area contributed by atoms with Gasteiger partial charge in [0.15, 0.2) is 5.58 Å². The number of carbonyl (C=O) groups is 1. The zero-order chi connectivity index (χ0) is 15.4. The van der Waals surface area contributed by atoms with E-state index in [1.165, 1.54) is 25.0 Å². The lowest BCUT2D eigenvalue weighted by Crippen LogP contribution is -2.34. The number of benzene rings is 1. The number of aliphatic hydroxyl groups excluding tert-OH is 1. The predicted molar refractivity (Wildman–Crippen MR) is 84.0 cm³/mol. The maximum Gasteiger partial charge on any atom is 0.244 e. The Balaban J connectivity index is 1.52. The normalized spacial score (nSPS) is 17.3. The van der Waals surface area contributed by atoms with Crippen molar-refractivity contribution in [1.29, 1.82) is 0 Å². The van der Waals surface area contributed by atoms with Crippen LogP contribution in [0.2, 0.25) is 0 Å². The van der Waals surface area contributed by atoms with Crippen molar-refractivity contribution in [2.45, 2.75) is 31.8 Å². The maximum absolute atomic E-state index is 11.8. The van der Waals surface area contributed by atoms with Crippen LogP contribution in [0.4, 0.5) is 0 Å². The molecule has 0 aliphatic heterocycles. The Bertz CT molecular complexity index is 638. The molecule has 0 spiro atoms. The second-order valence-electron chi connectivity index (χ2n) is 5.71. The van der Waals surface area contributed by atoms with Gasteiger partial charge in [-0.25, -0.2) is 4.98 Å². The summed E-state index contributed by atoms with van der Waals surface area (Å²) in [5.74, 6) is 0.466. The highest BCUT2D eigenvalue weighted by Crippen LogP contribution is 2.27. The van der Waals surface area contributed by atoms with Crippen molar-refractivity contribution in [2.75, 3.05) is 6.54 Å². The summed E-state index contributed by atoms with van der Waals surface area (Å²) in [6.45, 7) is 0.293. The van der Waals surface area contributed by atoms with E-state index in [0.29, 0.717) is 23.9 Å². The van der Waals surface area contributed by atoms with Crippen LogP contribution in [0, 0.1) is 5.92 Å². The highest BCUT2D eigenvalue weighted by atomic mass is 16.3. The number of carbonyl (C=O) groups excluding carboxylic acids is 1. The molecular weight excluding hydrogens is 280 g/mol. The number of para-hydroxylation sites is 2. The second kappa shape index (κ2) is 6.75. The van der Waals surface area contributed by atoms with Gasteiger partial charge in [0.1, 0.15) is 5.52 Å². The van der Waals surface area contributed by atoms with Crippen LogP contribution in [0.15, 0.2) is 34.8 Å². The molecule has 116 valence electrons. The standard InChI is InChI=1S/C17H20N2O3/c20-14(12-5-1-2-6-12)11-18-16(21)9-10-17-19-13-7-3-4-8-15(13)22-17/h3-4,7-10,12,14,20H,1-2,5-6,11H2,(H,18,21)/b10-9+. The van der Waals surface area contributed by atoms with Crippen molar-refractivity contribution in [3.8, 4) is 0 Å². The van der Waals surface area contributed by atoms with Gasteiger partial charge in [-0.1, -0.05) is 25.0 Å². The van der Waals surface area contributed by atoms with Gasteiger partial charge in [0.05, 0.1) is 6.10 Å². The Labute approximate surface area is 129 Å². The lowest BCUT2D eigenvalue weighted by atomic mass is 10.0. The van der Waals surface area contributed by atoms with E-state index in [0.717, 1.165) is 18.4 Å². The van der Waals surface area contributed by atoms with Crippen LogP contribution in [0.3, 0.4) is 0 Å². The average molecular weight is 300 g/mol. The van der Waals surface area contributed by atoms with Crippen LogP contribution in [-0.2, 0) is 4.79 Å². The van der Waals surface area contributed by atoms with E-state index in [2.05, 4.69) is 10.3 Å². The molecule has 3 rings (SSSR count). The van der Waals surface area contributed by atoms with Gasteiger partial charge in [-0.05, 0) is 30.9 Å². The molecule has 1 atom stereocenters. The lowest BCUT2D eigenvalue weighted by Gasteiger charge is -2.17. The molecule has 0 bridgehead atoms. The third-order valence-electron chi connectivity index (χ3n) is 4.12. The summed E-state index contributed by atoms with van der Waals surface area (Å²) in [6, 6.07) is 7.44. The number of oxazole rings is 1. The molecule has 1 amide bonds. The first-order valence-corrected chi connectivity index (χ1v) is 7.72. The van der Waals surface area contributed by atoms with Gasteiger partial charge in [0, 0.05) is 18.7 Å². The molecule has 1 fully saturated rings. The minimum atomic E-state index is -0.454. The van der Waals surface area contributed by atoms with Crippen LogP contribution >= 0.6 is 0 Å². The fourth-order valence-electron chi connectivity index (χ4n) is 2.88. The molecule has 1 aromatic carbocycles. The summed E-state index contributed by atoms with van der Waals surface area (Å²) in [4.78, 5) is 16.0. The van der Waals surface area contributed by atoms with E-state index in [9.17, 15) is 9.90 Å². The summed E-state index contributed by atoms with van der Waals surface area (Å²) in [5, 5.41) is 12.7. The van der Waals surface area contributed by atoms with Crippen LogP contribution in [-0.4, -0.2) is 28.6 Å². The number of hydrogen-bond acceptors (Lipinski definition) is 4. The van der Waals surface area contributed by atoms with Gasteiger partial charge in [-0.2, -0.15) is 0 Å². The van der Waals surface area contributed by atoms with E-state index in [1.807, 2.05) is 24.3 Å². The molecule has 1 heterocycles. The monoisotopic (exact) mass is 300 g/mol. The highest BCUT2D eigenvalue weighted by molar-refractivity contribution is 5.91. The van der Waals surface area contributed by atoms with E-state index >= 15 is 0 Å². The fraction of sp³-hybridized carbons (Fsp3) is 0.412.